The van der Waals surface area contributed by atoms with Crippen molar-refractivity contribution in [2.75, 3.05) is 13.7 Å². The number of ether oxygens (including phenoxy) is 2. The van der Waals surface area contributed by atoms with Crippen LogP contribution in [0.4, 0.5) is 0 Å². The van der Waals surface area contributed by atoms with Gasteiger partial charge in [-0.15, -0.1) is 0 Å². The maximum absolute atomic E-state index is 5.68. The molecular formula is C21H25N3O2. The van der Waals surface area contributed by atoms with Gasteiger partial charge >= 0.3 is 0 Å². The summed E-state index contributed by atoms with van der Waals surface area (Å²) in [6.07, 6.45) is 2.42. The zero-order valence-electron chi connectivity index (χ0n) is 16.1. The molecule has 1 saturated carbocycles. The van der Waals surface area contributed by atoms with E-state index in [1.165, 1.54) is 35.0 Å². The Kier molecular flexibility index (Phi) is 4.10. The molecule has 1 aliphatic carbocycles. The summed E-state index contributed by atoms with van der Waals surface area (Å²) in [7, 11) is 1.70. The highest BCUT2D eigenvalue weighted by atomic mass is 16.5. The Hall–Kier alpha value is -2.56. The van der Waals surface area contributed by atoms with Crippen LogP contribution in [0.2, 0.25) is 0 Å². The third kappa shape index (κ3) is 2.54. The molecule has 5 heteroatoms. The zero-order valence-corrected chi connectivity index (χ0v) is 16.1. The number of aromatic nitrogens is 3. The summed E-state index contributed by atoms with van der Waals surface area (Å²) in [6.45, 7) is 8.97. The quantitative estimate of drug-likeness (QED) is 0.672. The van der Waals surface area contributed by atoms with E-state index in [-0.39, 0.29) is 0 Å². The predicted molar refractivity (Wildman–Crippen MR) is 103 cm³/mol. The molecule has 1 fully saturated rings. The number of benzene rings is 1. The van der Waals surface area contributed by atoms with Gasteiger partial charge in [-0.3, -0.25) is 0 Å². The van der Waals surface area contributed by atoms with Gasteiger partial charge < -0.3 is 14.0 Å². The van der Waals surface area contributed by atoms with E-state index in [0.717, 1.165) is 28.6 Å². The van der Waals surface area contributed by atoms with Gasteiger partial charge in [0.15, 0.2) is 0 Å². The third-order valence-electron chi connectivity index (χ3n) is 5.24. The van der Waals surface area contributed by atoms with Gasteiger partial charge in [-0.05, 0) is 52.7 Å². The molecular weight excluding hydrogens is 326 g/mol. The second-order valence-electron chi connectivity index (χ2n) is 6.97. The number of aryl methyl sites for hydroxylation is 3. The van der Waals surface area contributed by atoms with E-state index in [1.54, 1.807) is 7.11 Å². The summed E-state index contributed by atoms with van der Waals surface area (Å²) in [5, 5.41) is 11.5. The van der Waals surface area contributed by atoms with E-state index in [0.29, 0.717) is 12.5 Å². The Morgan fingerprint density at radius 2 is 1.81 bits per heavy atom. The van der Waals surface area contributed by atoms with Gasteiger partial charge in [0.1, 0.15) is 11.5 Å². The normalized spacial score (nSPS) is 14.0. The molecule has 0 N–H and O–H groups in total. The number of nitrogens with zero attached hydrogens (tertiary/aromatic N) is 3. The first kappa shape index (κ1) is 16.9. The van der Waals surface area contributed by atoms with Crippen LogP contribution < -0.4 is 9.47 Å². The molecule has 0 amide bonds. The van der Waals surface area contributed by atoms with Crippen LogP contribution in [0.3, 0.4) is 0 Å². The van der Waals surface area contributed by atoms with Gasteiger partial charge in [0, 0.05) is 34.1 Å². The van der Waals surface area contributed by atoms with Crippen molar-refractivity contribution in [1.82, 2.24) is 14.8 Å². The van der Waals surface area contributed by atoms with Crippen LogP contribution in [0.1, 0.15) is 48.5 Å². The number of hydrogen-bond acceptors (Lipinski definition) is 4. The number of hydrogen-bond donors (Lipinski definition) is 0. The lowest BCUT2D eigenvalue weighted by Gasteiger charge is -2.15. The van der Waals surface area contributed by atoms with Crippen molar-refractivity contribution in [2.24, 2.45) is 0 Å². The van der Waals surface area contributed by atoms with E-state index >= 15 is 0 Å². The molecule has 2 aromatic heterocycles. The Morgan fingerprint density at radius 3 is 2.46 bits per heavy atom. The summed E-state index contributed by atoms with van der Waals surface area (Å²) in [4.78, 5) is 0. The van der Waals surface area contributed by atoms with E-state index in [2.05, 4.69) is 34.7 Å². The third-order valence-corrected chi connectivity index (χ3v) is 5.24. The minimum atomic E-state index is 0.557. The SMILES string of the molecule is CCOc1ccc(-n2c(C)c3c(C)nnc(C4CC4)c3c2C)c(OC)c1. The summed E-state index contributed by atoms with van der Waals surface area (Å²) in [6, 6.07) is 6.01. The summed E-state index contributed by atoms with van der Waals surface area (Å²) in [5.41, 5.74) is 5.51. The first-order chi connectivity index (χ1) is 12.6. The molecule has 0 bridgehead atoms. The fraction of sp³-hybridized carbons (Fsp3) is 0.429. The van der Waals surface area contributed by atoms with E-state index in [9.17, 15) is 0 Å². The average Bonchev–Trinajstić information content (AvgIpc) is 3.43. The second kappa shape index (κ2) is 6.31. The first-order valence-corrected chi connectivity index (χ1v) is 9.22. The summed E-state index contributed by atoms with van der Waals surface area (Å²) in [5.74, 6) is 2.18. The molecule has 0 unspecified atom stereocenters. The lowest BCUT2D eigenvalue weighted by Crippen LogP contribution is -2.03. The molecule has 0 aliphatic heterocycles. The number of rotatable bonds is 5. The molecule has 26 heavy (non-hydrogen) atoms. The van der Waals surface area contributed by atoms with Crippen LogP contribution in [0.25, 0.3) is 16.5 Å². The van der Waals surface area contributed by atoms with E-state index < -0.39 is 0 Å². The van der Waals surface area contributed by atoms with Gasteiger partial charge in [0.25, 0.3) is 0 Å². The monoisotopic (exact) mass is 351 g/mol. The standard InChI is InChI=1S/C21H25N3O2/c1-6-26-16-9-10-17(18(11-16)25-5)24-13(3)19-12(2)22-23-21(15-7-8-15)20(19)14(24)4/h9-11,15H,6-8H2,1-5H3. The molecule has 0 atom stereocenters. The van der Waals surface area contributed by atoms with Crippen LogP contribution in [-0.4, -0.2) is 28.5 Å². The maximum Gasteiger partial charge on any atom is 0.146 e. The molecule has 136 valence electrons. The Morgan fingerprint density at radius 1 is 1.08 bits per heavy atom. The number of methoxy groups -OCH3 is 1. The van der Waals surface area contributed by atoms with Crippen molar-refractivity contribution in [2.45, 2.75) is 46.5 Å². The maximum atomic E-state index is 5.68. The Labute approximate surface area is 154 Å². The highest BCUT2D eigenvalue weighted by molar-refractivity contribution is 5.93. The van der Waals surface area contributed by atoms with Gasteiger partial charge in [-0.25, -0.2) is 0 Å². The van der Waals surface area contributed by atoms with Crippen molar-refractivity contribution in [3.8, 4) is 17.2 Å². The van der Waals surface area contributed by atoms with E-state index in [4.69, 9.17) is 9.47 Å². The van der Waals surface area contributed by atoms with E-state index in [1.807, 2.05) is 26.0 Å². The average molecular weight is 351 g/mol. The highest BCUT2D eigenvalue weighted by Crippen LogP contribution is 2.45. The molecule has 0 spiro atoms. The predicted octanol–water partition coefficient (Wildman–Crippen LogP) is 4.63. The topological polar surface area (TPSA) is 49.2 Å². The summed E-state index contributed by atoms with van der Waals surface area (Å²) < 4.78 is 13.6. The van der Waals surface area contributed by atoms with Gasteiger partial charge in [-0.1, -0.05) is 0 Å². The molecule has 5 nitrogen and oxygen atoms in total. The lowest BCUT2D eigenvalue weighted by molar-refractivity contribution is 0.336. The molecule has 0 saturated heterocycles. The fourth-order valence-electron chi connectivity index (χ4n) is 3.92. The van der Waals surface area contributed by atoms with Crippen LogP contribution in [0.5, 0.6) is 11.5 Å². The van der Waals surface area contributed by atoms with Crippen LogP contribution in [0, 0.1) is 20.8 Å². The molecule has 3 aromatic rings. The molecule has 2 heterocycles. The van der Waals surface area contributed by atoms with Gasteiger partial charge in [0.2, 0.25) is 0 Å². The Bertz CT molecular complexity index is 987. The zero-order chi connectivity index (χ0) is 18.4. The molecule has 0 radical (unpaired) electrons. The van der Waals surface area contributed by atoms with Crippen molar-refractivity contribution < 1.29 is 9.47 Å². The largest absolute Gasteiger partial charge is 0.494 e. The first-order valence-electron chi connectivity index (χ1n) is 9.22. The molecule has 1 aliphatic rings. The van der Waals surface area contributed by atoms with Crippen LogP contribution >= 0.6 is 0 Å². The van der Waals surface area contributed by atoms with Gasteiger partial charge in [-0.2, -0.15) is 10.2 Å². The smallest absolute Gasteiger partial charge is 0.146 e. The molecule has 4 rings (SSSR count). The Balaban J connectivity index is 1.98. The fourth-order valence-corrected chi connectivity index (χ4v) is 3.92. The summed E-state index contributed by atoms with van der Waals surface area (Å²) >= 11 is 0. The van der Waals surface area contributed by atoms with Gasteiger partial charge in [0.05, 0.1) is 30.8 Å². The van der Waals surface area contributed by atoms with Crippen molar-refractivity contribution in [3.05, 3.63) is 41.0 Å². The van der Waals surface area contributed by atoms with Crippen molar-refractivity contribution in [3.63, 3.8) is 0 Å². The minimum absolute atomic E-state index is 0.557. The van der Waals surface area contributed by atoms with Crippen LogP contribution in [-0.2, 0) is 0 Å². The minimum Gasteiger partial charge on any atom is -0.494 e. The van der Waals surface area contributed by atoms with Crippen molar-refractivity contribution >= 4 is 10.8 Å². The lowest BCUT2D eigenvalue weighted by atomic mass is 10.1. The molecule has 1 aromatic carbocycles. The second-order valence-corrected chi connectivity index (χ2v) is 6.97. The highest BCUT2D eigenvalue weighted by Gasteiger charge is 2.31. The van der Waals surface area contributed by atoms with Crippen molar-refractivity contribution in [1.29, 1.82) is 0 Å². The number of fused-ring (bicyclic) bond motifs is 1. The van der Waals surface area contributed by atoms with Crippen LogP contribution in [0.15, 0.2) is 18.2 Å².